The molecule has 0 saturated heterocycles. The monoisotopic (exact) mass is 412 g/mol. The van der Waals surface area contributed by atoms with E-state index in [0.717, 1.165) is 21.4 Å². The molecule has 1 amide bonds. The minimum absolute atomic E-state index is 0.0591. The third kappa shape index (κ3) is 4.84. The maximum absolute atomic E-state index is 12.4. The zero-order valence-corrected chi connectivity index (χ0v) is 16.1. The van der Waals surface area contributed by atoms with Crippen molar-refractivity contribution in [2.45, 2.75) is 19.0 Å². The van der Waals surface area contributed by atoms with Crippen molar-refractivity contribution in [1.82, 2.24) is 10.6 Å². The number of hydrogen-bond acceptors (Lipinski definition) is 3. The van der Waals surface area contributed by atoms with Crippen LogP contribution in [0.1, 0.15) is 35.9 Å². The molecule has 3 rings (SSSR count). The van der Waals surface area contributed by atoms with Gasteiger partial charge < -0.3 is 9.73 Å². The fourth-order valence-corrected chi connectivity index (χ4v) is 3.07. The zero-order chi connectivity index (χ0) is 18.4. The van der Waals surface area contributed by atoms with E-state index in [4.69, 9.17) is 4.42 Å². The first-order valence-electron chi connectivity index (χ1n) is 8.50. The predicted molar refractivity (Wildman–Crippen MR) is 106 cm³/mol. The highest BCUT2D eigenvalue weighted by atomic mass is 79.9. The number of nitrogens with one attached hydrogen (secondary N) is 2. The van der Waals surface area contributed by atoms with Crippen LogP contribution in [0.25, 0.3) is 0 Å². The number of amides is 1. The van der Waals surface area contributed by atoms with Crippen LogP contribution in [0, 0.1) is 0 Å². The van der Waals surface area contributed by atoms with Gasteiger partial charge in [-0.15, -0.1) is 0 Å². The minimum Gasteiger partial charge on any atom is -0.467 e. The first kappa shape index (κ1) is 18.4. The third-order valence-electron chi connectivity index (χ3n) is 4.17. The standard InChI is InChI=1S/C21H21BrN2O2/c1-15(16-9-11-18(22)12-10-16)24-20(25)14-23-21(19-8-5-13-26-19)17-6-3-2-4-7-17/h2-13,15,21,23H,14H2,1H3,(H,24,25)/t15-,21-/m1/s1. The van der Waals surface area contributed by atoms with Crippen LogP contribution in [0.3, 0.4) is 0 Å². The van der Waals surface area contributed by atoms with Crippen LogP contribution < -0.4 is 10.6 Å². The van der Waals surface area contributed by atoms with Gasteiger partial charge in [0.2, 0.25) is 5.91 Å². The molecule has 0 saturated carbocycles. The molecule has 0 spiro atoms. The van der Waals surface area contributed by atoms with Crippen LogP contribution in [-0.2, 0) is 4.79 Å². The molecule has 4 nitrogen and oxygen atoms in total. The molecule has 5 heteroatoms. The third-order valence-corrected chi connectivity index (χ3v) is 4.70. The van der Waals surface area contributed by atoms with Gasteiger partial charge in [-0.05, 0) is 42.3 Å². The Bertz CT molecular complexity index is 817. The second kappa shape index (κ2) is 8.83. The number of furan rings is 1. The molecule has 0 fully saturated rings. The van der Waals surface area contributed by atoms with Crippen LogP contribution in [-0.4, -0.2) is 12.5 Å². The van der Waals surface area contributed by atoms with Gasteiger partial charge in [-0.2, -0.15) is 0 Å². The Balaban J connectivity index is 1.62. The Morgan fingerprint density at radius 3 is 2.38 bits per heavy atom. The van der Waals surface area contributed by atoms with Crippen molar-refractivity contribution in [3.05, 3.63) is 94.4 Å². The molecule has 1 heterocycles. The smallest absolute Gasteiger partial charge is 0.234 e. The van der Waals surface area contributed by atoms with Gasteiger partial charge in [0.25, 0.3) is 0 Å². The van der Waals surface area contributed by atoms with Crippen molar-refractivity contribution in [1.29, 1.82) is 0 Å². The summed E-state index contributed by atoms with van der Waals surface area (Å²) in [6.07, 6.45) is 1.64. The van der Waals surface area contributed by atoms with E-state index in [1.54, 1.807) is 6.26 Å². The van der Waals surface area contributed by atoms with Crippen molar-refractivity contribution in [3.63, 3.8) is 0 Å². The Kier molecular flexibility index (Phi) is 6.26. The van der Waals surface area contributed by atoms with Gasteiger partial charge in [0, 0.05) is 4.47 Å². The lowest BCUT2D eigenvalue weighted by Crippen LogP contribution is -2.37. The van der Waals surface area contributed by atoms with E-state index in [2.05, 4.69) is 26.6 Å². The van der Waals surface area contributed by atoms with Crippen molar-refractivity contribution in [2.24, 2.45) is 0 Å². The number of benzene rings is 2. The molecular weight excluding hydrogens is 392 g/mol. The second-order valence-electron chi connectivity index (χ2n) is 6.08. The van der Waals surface area contributed by atoms with Gasteiger partial charge >= 0.3 is 0 Å². The summed E-state index contributed by atoms with van der Waals surface area (Å²) in [6.45, 7) is 2.17. The SMILES string of the molecule is C[C@@H](NC(=O)CN[C@H](c1ccccc1)c1ccco1)c1ccc(Br)cc1. The van der Waals surface area contributed by atoms with Gasteiger partial charge in [0.05, 0.1) is 24.9 Å². The molecule has 0 aliphatic carbocycles. The summed E-state index contributed by atoms with van der Waals surface area (Å²) in [5.74, 6) is 0.720. The van der Waals surface area contributed by atoms with E-state index in [-0.39, 0.29) is 24.5 Å². The highest BCUT2D eigenvalue weighted by molar-refractivity contribution is 9.10. The summed E-state index contributed by atoms with van der Waals surface area (Å²) in [4.78, 5) is 12.4. The molecular formula is C21H21BrN2O2. The molecule has 3 aromatic rings. The average Bonchev–Trinajstić information content (AvgIpc) is 3.17. The highest BCUT2D eigenvalue weighted by Gasteiger charge is 2.18. The van der Waals surface area contributed by atoms with E-state index < -0.39 is 0 Å². The predicted octanol–water partition coefficient (Wildman–Crippen LogP) is 4.60. The van der Waals surface area contributed by atoms with E-state index >= 15 is 0 Å². The van der Waals surface area contributed by atoms with Gasteiger partial charge in [0.15, 0.2) is 0 Å². The number of hydrogen-bond donors (Lipinski definition) is 2. The molecule has 2 N–H and O–H groups in total. The van der Waals surface area contributed by atoms with Gasteiger partial charge in [0.1, 0.15) is 5.76 Å². The summed E-state index contributed by atoms with van der Waals surface area (Å²) in [6, 6.07) is 21.4. The molecule has 0 aliphatic rings. The Labute approximate surface area is 161 Å². The lowest BCUT2D eigenvalue weighted by molar-refractivity contribution is -0.121. The second-order valence-corrected chi connectivity index (χ2v) is 7.00. The fourth-order valence-electron chi connectivity index (χ4n) is 2.81. The molecule has 0 aliphatic heterocycles. The fraction of sp³-hybridized carbons (Fsp3) is 0.190. The summed E-state index contributed by atoms with van der Waals surface area (Å²) in [5, 5.41) is 6.31. The highest BCUT2D eigenvalue weighted by Crippen LogP contribution is 2.22. The first-order chi connectivity index (χ1) is 12.6. The van der Waals surface area contributed by atoms with E-state index in [9.17, 15) is 4.79 Å². The van der Waals surface area contributed by atoms with E-state index in [1.165, 1.54) is 0 Å². The molecule has 1 aromatic heterocycles. The summed E-state index contributed by atoms with van der Waals surface area (Å²) in [5.41, 5.74) is 2.11. The summed E-state index contributed by atoms with van der Waals surface area (Å²) >= 11 is 3.42. The molecule has 26 heavy (non-hydrogen) atoms. The maximum atomic E-state index is 12.4. The normalized spacial score (nSPS) is 13.2. The Morgan fingerprint density at radius 1 is 1.00 bits per heavy atom. The van der Waals surface area contributed by atoms with Crippen LogP contribution in [0.4, 0.5) is 0 Å². The first-order valence-corrected chi connectivity index (χ1v) is 9.29. The van der Waals surface area contributed by atoms with Crippen molar-refractivity contribution < 1.29 is 9.21 Å². The molecule has 134 valence electrons. The van der Waals surface area contributed by atoms with Gasteiger partial charge in [-0.1, -0.05) is 58.4 Å². The average molecular weight is 413 g/mol. The topological polar surface area (TPSA) is 54.3 Å². The number of halogens is 1. The Hall–Kier alpha value is -2.37. The number of carbonyl (C=O) groups is 1. The lowest BCUT2D eigenvalue weighted by Gasteiger charge is -2.19. The van der Waals surface area contributed by atoms with Gasteiger partial charge in [-0.3, -0.25) is 10.1 Å². The van der Waals surface area contributed by atoms with Crippen molar-refractivity contribution in [3.8, 4) is 0 Å². The van der Waals surface area contributed by atoms with E-state index in [1.807, 2.05) is 73.7 Å². The number of rotatable bonds is 7. The summed E-state index contributed by atoms with van der Waals surface area (Å²) < 4.78 is 6.56. The van der Waals surface area contributed by atoms with Crippen molar-refractivity contribution in [2.75, 3.05) is 6.54 Å². The molecule has 2 aromatic carbocycles. The molecule has 0 unspecified atom stereocenters. The maximum Gasteiger partial charge on any atom is 0.234 e. The van der Waals surface area contributed by atoms with E-state index in [0.29, 0.717) is 0 Å². The molecule has 0 radical (unpaired) electrons. The number of carbonyl (C=O) groups excluding carboxylic acids is 1. The Morgan fingerprint density at radius 2 is 1.73 bits per heavy atom. The molecule has 2 atom stereocenters. The van der Waals surface area contributed by atoms with Crippen molar-refractivity contribution >= 4 is 21.8 Å². The van der Waals surface area contributed by atoms with Crippen LogP contribution >= 0.6 is 15.9 Å². The lowest BCUT2D eigenvalue weighted by atomic mass is 10.0. The van der Waals surface area contributed by atoms with Gasteiger partial charge in [-0.25, -0.2) is 0 Å². The van der Waals surface area contributed by atoms with Crippen LogP contribution in [0.2, 0.25) is 0 Å². The molecule has 0 bridgehead atoms. The largest absolute Gasteiger partial charge is 0.467 e. The quantitative estimate of drug-likeness (QED) is 0.596. The summed E-state index contributed by atoms with van der Waals surface area (Å²) in [7, 11) is 0. The van der Waals surface area contributed by atoms with Crippen LogP contribution in [0.15, 0.2) is 81.9 Å². The minimum atomic E-state index is -0.167. The zero-order valence-electron chi connectivity index (χ0n) is 14.5. The van der Waals surface area contributed by atoms with Crippen LogP contribution in [0.5, 0.6) is 0 Å².